The number of hydrogen-bond acceptors (Lipinski definition) is 7. The van der Waals surface area contributed by atoms with E-state index in [1.165, 1.54) is 12.1 Å². The second kappa shape index (κ2) is 6.45. The molecule has 9 nitrogen and oxygen atoms in total. The van der Waals surface area contributed by atoms with Crippen LogP contribution in [0.1, 0.15) is 18.1 Å². The fourth-order valence-corrected chi connectivity index (χ4v) is 2.83. The number of nitro groups is 1. The first kappa shape index (κ1) is 16.6. The minimum Gasteiger partial charge on any atom is -0.337 e. The number of nitro benzene ring substituents is 1. The lowest BCUT2D eigenvalue weighted by Gasteiger charge is -2.02. The molecule has 0 atom stereocenters. The Labute approximate surface area is 153 Å². The van der Waals surface area contributed by atoms with Crippen LogP contribution in [0.5, 0.6) is 0 Å². The number of hydrazone groups is 1. The number of nitrogens with zero attached hydrogens (tertiary/aromatic N) is 5. The van der Waals surface area contributed by atoms with Gasteiger partial charge >= 0.3 is 0 Å². The van der Waals surface area contributed by atoms with Crippen LogP contribution in [0.15, 0.2) is 47.6 Å². The third kappa shape index (κ3) is 3.06. The summed E-state index contributed by atoms with van der Waals surface area (Å²) in [4.78, 5) is 18.1. The number of fused-ring (bicyclic) bond motifs is 3. The van der Waals surface area contributed by atoms with Gasteiger partial charge in [-0.3, -0.25) is 10.1 Å². The van der Waals surface area contributed by atoms with E-state index in [0.717, 1.165) is 16.5 Å². The lowest BCUT2D eigenvalue weighted by molar-refractivity contribution is -0.384. The Morgan fingerprint density at radius 1 is 1.22 bits per heavy atom. The third-order valence-electron chi connectivity index (χ3n) is 4.26. The fourth-order valence-electron chi connectivity index (χ4n) is 2.83. The second-order valence-electron chi connectivity index (χ2n) is 6.07. The lowest BCUT2D eigenvalue weighted by Crippen LogP contribution is -2.03. The van der Waals surface area contributed by atoms with Gasteiger partial charge in [-0.05, 0) is 19.4 Å². The van der Waals surface area contributed by atoms with Gasteiger partial charge in [0.25, 0.3) is 11.6 Å². The summed E-state index contributed by atoms with van der Waals surface area (Å²) in [6.45, 7) is 3.75. The first-order chi connectivity index (χ1) is 13.0. The molecule has 2 N–H and O–H groups in total. The normalized spacial score (nSPS) is 11.9. The fraction of sp³-hybridized carbons (Fsp3) is 0.111. The largest absolute Gasteiger partial charge is 0.337 e. The maximum absolute atomic E-state index is 10.9. The van der Waals surface area contributed by atoms with Crippen molar-refractivity contribution in [2.24, 2.45) is 5.10 Å². The highest BCUT2D eigenvalue weighted by Crippen LogP contribution is 2.24. The van der Waals surface area contributed by atoms with Crippen molar-refractivity contribution in [2.75, 3.05) is 5.43 Å². The number of aryl methyl sites for hydroxylation is 1. The Bertz CT molecular complexity index is 1210. The molecule has 9 heteroatoms. The Morgan fingerprint density at radius 2 is 2.04 bits per heavy atom. The van der Waals surface area contributed by atoms with Crippen LogP contribution in [0.4, 0.5) is 11.6 Å². The summed E-state index contributed by atoms with van der Waals surface area (Å²) in [6, 6.07) is 12.2. The minimum atomic E-state index is -0.441. The summed E-state index contributed by atoms with van der Waals surface area (Å²) in [5, 5.41) is 24.4. The molecule has 0 bridgehead atoms. The molecule has 0 unspecified atom stereocenters. The highest BCUT2D eigenvalue weighted by molar-refractivity contribution is 6.04. The van der Waals surface area contributed by atoms with Gasteiger partial charge in [-0.25, -0.2) is 5.43 Å². The molecule has 2 heterocycles. The highest BCUT2D eigenvalue weighted by Gasteiger charge is 2.11. The maximum Gasteiger partial charge on any atom is 0.270 e. The molecule has 0 aliphatic rings. The first-order valence-corrected chi connectivity index (χ1v) is 8.20. The van der Waals surface area contributed by atoms with E-state index >= 15 is 0 Å². The van der Waals surface area contributed by atoms with Crippen LogP contribution in [0, 0.1) is 17.0 Å². The average molecular weight is 361 g/mol. The molecule has 0 saturated heterocycles. The third-order valence-corrected chi connectivity index (χ3v) is 4.26. The van der Waals surface area contributed by atoms with Crippen LogP contribution in [-0.4, -0.2) is 30.8 Å². The van der Waals surface area contributed by atoms with Crippen LogP contribution >= 0.6 is 0 Å². The number of aromatic amines is 1. The van der Waals surface area contributed by atoms with E-state index in [0.29, 0.717) is 22.4 Å². The number of nitrogens with one attached hydrogen (secondary N) is 2. The van der Waals surface area contributed by atoms with E-state index in [-0.39, 0.29) is 11.6 Å². The molecule has 134 valence electrons. The first-order valence-electron chi connectivity index (χ1n) is 8.20. The topological polar surface area (TPSA) is 122 Å². The maximum atomic E-state index is 10.9. The molecule has 0 aliphatic carbocycles. The van der Waals surface area contributed by atoms with Crippen molar-refractivity contribution in [3.05, 3.63) is 63.7 Å². The molecule has 0 saturated carbocycles. The highest BCUT2D eigenvalue weighted by atomic mass is 16.6. The van der Waals surface area contributed by atoms with E-state index in [1.54, 1.807) is 19.1 Å². The summed E-state index contributed by atoms with van der Waals surface area (Å²) < 4.78 is 0. The number of non-ortho nitro benzene ring substituents is 1. The zero-order valence-corrected chi connectivity index (χ0v) is 14.6. The Morgan fingerprint density at radius 3 is 2.85 bits per heavy atom. The summed E-state index contributed by atoms with van der Waals surface area (Å²) >= 11 is 0. The monoisotopic (exact) mass is 361 g/mol. The van der Waals surface area contributed by atoms with Gasteiger partial charge in [-0.1, -0.05) is 30.3 Å². The van der Waals surface area contributed by atoms with Gasteiger partial charge in [-0.15, -0.1) is 10.2 Å². The number of hydrogen-bond donors (Lipinski definition) is 2. The zero-order chi connectivity index (χ0) is 19.0. The molecule has 4 aromatic rings. The number of anilines is 1. The average Bonchev–Trinajstić information content (AvgIpc) is 3.05. The smallest absolute Gasteiger partial charge is 0.270 e. The van der Waals surface area contributed by atoms with Gasteiger partial charge in [0.2, 0.25) is 0 Å². The summed E-state index contributed by atoms with van der Waals surface area (Å²) in [5.74, 6) is 0.233. The number of rotatable bonds is 4. The minimum absolute atomic E-state index is 0.00910. The number of benzene rings is 2. The SMILES string of the molecule is CC(=NNc1nnc2c(n1)[nH]c1c(C)cccc12)c1cccc([N+](=O)[O-])c1. The molecular formula is C18H15N7O2. The molecule has 0 amide bonds. The van der Waals surface area contributed by atoms with Crippen molar-refractivity contribution in [2.45, 2.75) is 13.8 Å². The van der Waals surface area contributed by atoms with E-state index in [9.17, 15) is 10.1 Å². The molecule has 0 radical (unpaired) electrons. The Balaban J connectivity index is 1.64. The van der Waals surface area contributed by atoms with Gasteiger partial charge in [-0.2, -0.15) is 10.1 Å². The number of H-pyrrole nitrogens is 1. The summed E-state index contributed by atoms with van der Waals surface area (Å²) in [7, 11) is 0. The van der Waals surface area contributed by atoms with Crippen molar-refractivity contribution in [3.63, 3.8) is 0 Å². The second-order valence-corrected chi connectivity index (χ2v) is 6.07. The van der Waals surface area contributed by atoms with Crippen LogP contribution in [0.2, 0.25) is 0 Å². The van der Waals surface area contributed by atoms with Gasteiger partial charge in [0.05, 0.1) is 16.2 Å². The van der Waals surface area contributed by atoms with E-state index < -0.39 is 4.92 Å². The van der Waals surface area contributed by atoms with Crippen LogP contribution in [0.3, 0.4) is 0 Å². The quantitative estimate of drug-likeness (QED) is 0.325. The van der Waals surface area contributed by atoms with Crippen LogP contribution in [-0.2, 0) is 0 Å². The Hall–Kier alpha value is -3.88. The molecule has 2 aromatic carbocycles. The molecule has 2 aromatic heterocycles. The van der Waals surface area contributed by atoms with Crippen molar-refractivity contribution in [3.8, 4) is 0 Å². The van der Waals surface area contributed by atoms with Crippen LogP contribution < -0.4 is 5.43 Å². The molecule has 0 spiro atoms. The molecule has 0 aliphatic heterocycles. The Kier molecular flexibility index (Phi) is 3.96. The number of aromatic nitrogens is 4. The van der Waals surface area contributed by atoms with E-state index in [4.69, 9.17) is 0 Å². The van der Waals surface area contributed by atoms with Crippen molar-refractivity contribution >= 4 is 39.4 Å². The molecule has 0 fully saturated rings. The predicted molar refractivity (Wildman–Crippen MR) is 103 cm³/mol. The lowest BCUT2D eigenvalue weighted by atomic mass is 10.1. The molecule has 4 rings (SSSR count). The van der Waals surface area contributed by atoms with Gasteiger partial charge in [0.15, 0.2) is 5.65 Å². The summed E-state index contributed by atoms with van der Waals surface area (Å²) in [5.41, 5.74) is 7.34. The van der Waals surface area contributed by atoms with E-state index in [1.807, 2.05) is 25.1 Å². The van der Waals surface area contributed by atoms with Crippen molar-refractivity contribution < 1.29 is 4.92 Å². The van der Waals surface area contributed by atoms with Gasteiger partial charge in [0, 0.05) is 23.1 Å². The molecular weight excluding hydrogens is 346 g/mol. The van der Waals surface area contributed by atoms with Gasteiger partial charge in [0.1, 0.15) is 5.52 Å². The molecule has 27 heavy (non-hydrogen) atoms. The zero-order valence-electron chi connectivity index (χ0n) is 14.6. The summed E-state index contributed by atoms with van der Waals surface area (Å²) in [6.07, 6.45) is 0. The van der Waals surface area contributed by atoms with Crippen molar-refractivity contribution in [1.82, 2.24) is 20.2 Å². The van der Waals surface area contributed by atoms with Gasteiger partial charge < -0.3 is 4.98 Å². The van der Waals surface area contributed by atoms with E-state index in [2.05, 4.69) is 30.7 Å². The van der Waals surface area contributed by atoms with Crippen molar-refractivity contribution in [1.29, 1.82) is 0 Å². The van der Waals surface area contributed by atoms with Crippen LogP contribution in [0.25, 0.3) is 22.1 Å². The number of para-hydroxylation sites is 1. The predicted octanol–water partition coefficient (Wildman–Crippen LogP) is 3.56. The standard InChI is InChI=1S/C18H15N7O2/c1-10-5-3-8-14-15(10)19-17-16(14)22-24-18(20-17)23-21-11(2)12-6-4-7-13(9-12)25(26)27/h3-9H,1-2H3,(H2,19,20,23,24).